The highest BCUT2D eigenvalue weighted by atomic mass is 35.5. The monoisotopic (exact) mass is 496 g/mol. The number of hydrogen-bond donors (Lipinski definition) is 2. The molecule has 0 saturated carbocycles. The molecule has 1 aliphatic rings. The number of aliphatic hydroxyl groups excluding tert-OH is 1. The van der Waals surface area contributed by atoms with Gasteiger partial charge in [0.05, 0.1) is 18.3 Å². The highest BCUT2D eigenvalue weighted by Crippen LogP contribution is 2.35. The second-order valence-electron chi connectivity index (χ2n) is 7.94. The van der Waals surface area contributed by atoms with Crippen LogP contribution in [0.3, 0.4) is 0 Å². The molecule has 1 aromatic heterocycles. The highest BCUT2D eigenvalue weighted by molar-refractivity contribution is 6.30. The Labute approximate surface area is 203 Å². The van der Waals surface area contributed by atoms with Crippen molar-refractivity contribution < 1.29 is 19.0 Å². The van der Waals surface area contributed by atoms with Gasteiger partial charge in [-0.15, -0.1) is 12.4 Å². The van der Waals surface area contributed by atoms with E-state index < -0.39 is 11.9 Å². The summed E-state index contributed by atoms with van der Waals surface area (Å²) in [6.07, 6.45) is 3.08. The van der Waals surface area contributed by atoms with Gasteiger partial charge in [0.2, 0.25) is 0 Å². The topological polar surface area (TPSA) is 79.7 Å². The molecule has 3 aromatic rings. The number of methoxy groups -OCH3 is 1. The number of aromatic nitrogens is 2. The minimum atomic E-state index is -0.619. The van der Waals surface area contributed by atoms with E-state index >= 15 is 0 Å². The maximum Gasteiger partial charge on any atom is 0.163 e. The number of nitrogens with zero attached hydrogens (tertiary/aromatic N) is 3. The predicted octanol–water partition coefficient (Wildman–Crippen LogP) is 4.82. The molecule has 178 valence electrons. The van der Waals surface area contributed by atoms with Crippen LogP contribution in [0.5, 0.6) is 11.5 Å². The molecule has 2 heterocycles. The molecule has 0 bridgehead atoms. The summed E-state index contributed by atoms with van der Waals surface area (Å²) < 4.78 is 25.6. The fourth-order valence-corrected chi connectivity index (χ4v) is 4.09. The number of β-amino-alcohol motifs (C(OH)–C–C–N with tert-alkyl or cyclic N) is 1. The summed E-state index contributed by atoms with van der Waals surface area (Å²) in [6.45, 7) is 3.88. The van der Waals surface area contributed by atoms with Gasteiger partial charge in [-0.2, -0.15) is 0 Å². The second-order valence-corrected chi connectivity index (χ2v) is 8.38. The largest absolute Gasteiger partial charge is 0.493 e. The molecule has 33 heavy (non-hydrogen) atoms. The molecule has 1 saturated heterocycles. The number of hydrogen-bond acceptors (Lipinski definition) is 7. The molecule has 1 aliphatic heterocycles. The van der Waals surface area contributed by atoms with Crippen molar-refractivity contribution in [2.24, 2.45) is 0 Å². The van der Waals surface area contributed by atoms with Crippen LogP contribution in [0.4, 0.5) is 15.9 Å². The summed E-state index contributed by atoms with van der Waals surface area (Å²) >= 11 is 5.83. The summed E-state index contributed by atoms with van der Waals surface area (Å²) in [5.74, 6) is 0.867. The maximum atomic E-state index is 14.2. The lowest BCUT2D eigenvalue weighted by Crippen LogP contribution is -2.37. The third kappa shape index (κ3) is 5.95. The van der Waals surface area contributed by atoms with Gasteiger partial charge in [0.1, 0.15) is 30.7 Å². The summed E-state index contributed by atoms with van der Waals surface area (Å²) in [7, 11) is 1.53. The molecule has 7 nitrogen and oxygen atoms in total. The van der Waals surface area contributed by atoms with Crippen LogP contribution in [0, 0.1) is 5.82 Å². The van der Waals surface area contributed by atoms with Crippen LogP contribution in [-0.4, -0.2) is 58.9 Å². The van der Waals surface area contributed by atoms with E-state index in [1.54, 1.807) is 24.3 Å². The zero-order valence-corrected chi connectivity index (χ0v) is 20.0. The summed E-state index contributed by atoms with van der Waals surface area (Å²) in [5, 5.41) is 14.4. The fourth-order valence-electron chi connectivity index (χ4n) is 3.93. The van der Waals surface area contributed by atoms with Crippen molar-refractivity contribution in [3.05, 3.63) is 47.5 Å². The van der Waals surface area contributed by atoms with E-state index in [1.807, 2.05) is 0 Å². The normalized spacial score (nSPS) is 16.9. The van der Waals surface area contributed by atoms with Gasteiger partial charge in [0, 0.05) is 29.1 Å². The summed E-state index contributed by atoms with van der Waals surface area (Å²) in [4.78, 5) is 10.8. The molecular weight excluding hydrogens is 470 g/mol. The molecule has 2 aromatic carbocycles. The highest BCUT2D eigenvalue weighted by Gasteiger charge is 2.23. The van der Waals surface area contributed by atoms with Crippen molar-refractivity contribution in [1.29, 1.82) is 0 Å². The molecular formula is C23H27Cl2FN4O3. The Hall–Kier alpha value is -2.39. The first-order valence-corrected chi connectivity index (χ1v) is 10.9. The van der Waals surface area contributed by atoms with Gasteiger partial charge in [-0.25, -0.2) is 14.4 Å². The number of likely N-dealkylation sites (tertiary alicyclic amines) is 1. The molecule has 4 rings (SSSR count). The van der Waals surface area contributed by atoms with Gasteiger partial charge in [-0.05, 0) is 50.6 Å². The molecule has 2 atom stereocenters. The average molecular weight is 497 g/mol. The van der Waals surface area contributed by atoms with Gasteiger partial charge < -0.3 is 19.9 Å². The van der Waals surface area contributed by atoms with Gasteiger partial charge in [-0.3, -0.25) is 4.90 Å². The van der Waals surface area contributed by atoms with Crippen molar-refractivity contribution in [2.45, 2.75) is 31.9 Å². The average Bonchev–Trinajstić information content (AvgIpc) is 3.18. The minimum absolute atomic E-state index is 0. The zero-order chi connectivity index (χ0) is 22.7. The molecule has 1 fully saturated rings. The lowest BCUT2D eigenvalue weighted by molar-refractivity contribution is 0.0653. The quantitative estimate of drug-likeness (QED) is 0.462. The number of aliphatic hydroxyl groups is 1. The maximum absolute atomic E-state index is 14.2. The standard InChI is InChI=1S/C23H26ClFN4O3.ClH/c1-14-4-3-7-29(14)11-16(30)12-32-22-10-20-17(9-21(22)31-2)23(27-13-26-20)28-19-6-5-15(24)8-18(19)25;/h5-6,8-10,13-14,16,30H,3-4,7,11-12H2,1-2H3,(H,26,27,28);1H. The van der Waals surface area contributed by atoms with E-state index in [1.165, 1.54) is 19.5 Å². The van der Waals surface area contributed by atoms with Crippen molar-refractivity contribution in [1.82, 2.24) is 14.9 Å². The lowest BCUT2D eigenvalue weighted by Gasteiger charge is -2.24. The fraction of sp³-hybridized carbons (Fsp3) is 0.391. The predicted molar refractivity (Wildman–Crippen MR) is 130 cm³/mol. The molecule has 0 radical (unpaired) electrons. The number of nitrogens with one attached hydrogen (secondary N) is 1. The van der Waals surface area contributed by atoms with Gasteiger partial charge in [-0.1, -0.05) is 11.6 Å². The Balaban J connectivity index is 0.00000306. The Morgan fingerprint density at radius 2 is 2.09 bits per heavy atom. The van der Waals surface area contributed by atoms with Crippen LogP contribution in [0.2, 0.25) is 5.02 Å². The molecule has 0 spiro atoms. The molecule has 10 heteroatoms. The van der Waals surface area contributed by atoms with E-state index in [-0.39, 0.29) is 24.7 Å². The van der Waals surface area contributed by atoms with E-state index in [0.717, 1.165) is 19.4 Å². The van der Waals surface area contributed by atoms with Crippen LogP contribution in [0.1, 0.15) is 19.8 Å². The number of halogens is 3. The Bertz CT molecular complexity index is 1100. The van der Waals surface area contributed by atoms with Crippen molar-refractivity contribution in [2.75, 3.05) is 32.1 Å². The van der Waals surface area contributed by atoms with Gasteiger partial charge in [0.15, 0.2) is 11.5 Å². The molecule has 2 N–H and O–H groups in total. The lowest BCUT2D eigenvalue weighted by atomic mass is 10.2. The van der Waals surface area contributed by atoms with Crippen LogP contribution in [0.25, 0.3) is 10.9 Å². The van der Waals surface area contributed by atoms with E-state index in [4.69, 9.17) is 21.1 Å². The van der Waals surface area contributed by atoms with Crippen LogP contribution in [0.15, 0.2) is 36.7 Å². The van der Waals surface area contributed by atoms with E-state index in [2.05, 4.69) is 27.1 Å². The van der Waals surface area contributed by atoms with Crippen LogP contribution in [-0.2, 0) is 0 Å². The zero-order valence-electron chi connectivity index (χ0n) is 18.4. The molecule has 0 amide bonds. The number of fused-ring (bicyclic) bond motifs is 1. The molecule has 2 unspecified atom stereocenters. The smallest absolute Gasteiger partial charge is 0.163 e. The van der Waals surface area contributed by atoms with Crippen LogP contribution < -0.4 is 14.8 Å². The Morgan fingerprint density at radius 1 is 1.27 bits per heavy atom. The number of rotatable bonds is 8. The van der Waals surface area contributed by atoms with Crippen molar-refractivity contribution in [3.8, 4) is 11.5 Å². The first-order chi connectivity index (χ1) is 15.4. The Kier molecular flexibility index (Phi) is 8.53. The summed E-state index contributed by atoms with van der Waals surface area (Å²) in [5.41, 5.74) is 0.836. The third-order valence-electron chi connectivity index (χ3n) is 5.67. The Morgan fingerprint density at radius 3 is 2.79 bits per heavy atom. The van der Waals surface area contributed by atoms with Gasteiger partial charge >= 0.3 is 0 Å². The number of anilines is 2. The molecule has 0 aliphatic carbocycles. The first kappa shape index (κ1) is 25.2. The van der Waals surface area contributed by atoms with E-state index in [9.17, 15) is 9.50 Å². The first-order valence-electron chi connectivity index (χ1n) is 10.5. The SMILES string of the molecule is COc1cc2c(Nc3ccc(Cl)cc3F)ncnc2cc1OCC(O)CN1CCCC1C.Cl. The number of benzene rings is 2. The number of ether oxygens (including phenoxy) is 2. The minimum Gasteiger partial charge on any atom is -0.493 e. The van der Waals surface area contributed by atoms with Crippen molar-refractivity contribution in [3.63, 3.8) is 0 Å². The van der Waals surface area contributed by atoms with Gasteiger partial charge in [0.25, 0.3) is 0 Å². The van der Waals surface area contributed by atoms with E-state index in [0.29, 0.717) is 45.8 Å². The summed E-state index contributed by atoms with van der Waals surface area (Å²) in [6, 6.07) is 8.31. The van der Waals surface area contributed by atoms with Crippen LogP contribution >= 0.6 is 24.0 Å². The second kappa shape index (κ2) is 11.2. The van der Waals surface area contributed by atoms with Crippen molar-refractivity contribution >= 4 is 46.4 Å². The third-order valence-corrected chi connectivity index (χ3v) is 5.91.